The maximum Gasteiger partial charge on any atom is 0.262 e. The van der Waals surface area contributed by atoms with E-state index in [1.165, 1.54) is 11.1 Å². The number of nitrogens with one attached hydrogen (secondary N) is 1. The van der Waals surface area contributed by atoms with Crippen LogP contribution in [-0.4, -0.2) is 24.0 Å². The Kier molecular flexibility index (Phi) is 5.52. The Balaban J connectivity index is 1.51. The maximum absolute atomic E-state index is 11.5. The lowest BCUT2D eigenvalue weighted by atomic mass is 10.1. The minimum atomic E-state index is -0.147. The monoisotopic (exact) mass is 373 g/mol. The summed E-state index contributed by atoms with van der Waals surface area (Å²) >= 11 is 0. The number of anilines is 2. The average molecular weight is 373 g/mol. The molecule has 2 heterocycles. The molecule has 1 aliphatic rings. The van der Waals surface area contributed by atoms with Gasteiger partial charge in [0.2, 0.25) is 5.88 Å². The number of aryl methyl sites for hydroxylation is 1. The molecule has 28 heavy (non-hydrogen) atoms. The average Bonchev–Trinajstić information content (AvgIpc) is 2.74. The minimum absolute atomic E-state index is 0.0101. The molecule has 1 amide bonds. The second kappa shape index (κ2) is 8.57. The second-order valence-corrected chi connectivity index (χ2v) is 6.86. The van der Waals surface area contributed by atoms with Gasteiger partial charge in [0, 0.05) is 13.1 Å². The summed E-state index contributed by atoms with van der Waals surface area (Å²) in [6.07, 6.45) is 2.04. The van der Waals surface area contributed by atoms with E-state index in [1.807, 2.05) is 24.3 Å². The Hall–Kier alpha value is -3.34. The predicted octanol–water partition coefficient (Wildman–Crippen LogP) is 4.05. The summed E-state index contributed by atoms with van der Waals surface area (Å²) in [5.74, 6) is 1.19. The Bertz CT molecular complexity index is 929. The highest BCUT2D eigenvalue weighted by atomic mass is 16.5. The number of aromatic nitrogens is 1. The molecule has 0 saturated carbocycles. The summed E-state index contributed by atoms with van der Waals surface area (Å²) in [7, 11) is 0. The Morgan fingerprint density at radius 1 is 0.929 bits per heavy atom. The zero-order valence-electron chi connectivity index (χ0n) is 15.7. The first-order valence-corrected chi connectivity index (χ1v) is 9.54. The molecule has 0 atom stereocenters. The van der Waals surface area contributed by atoms with E-state index in [4.69, 9.17) is 4.74 Å². The fraction of sp³-hybridized carbons (Fsp3) is 0.217. The number of benzene rings is 2. The second-order valence-electron chi connectivity index (χ2n) is 6.86. The molecule has 5 heteroatoms. The summed E-state index contributed by atoms with van der Waals surface area (Å²) in [6, 6.07) is 24.7. The molecule has 3 aromatic rings. The van der Waals surface area contributed by atoms with Crippen molar-refractivity contribution in [3.8, 4) is 5.88 Å². The van der Waals surface area contributed by atoms with Crippen molar-refractivity contribution >= 4 is 17.4 Å². The Labute approximate surface area is 165 Å². The molecule has 2 aromatic carbocycles. The number of pyridine rings is 1. The highest BCUT2D eigenvalue weighted by Crippen LogP contribution is 2.29. The molecular formula is C23H23N3O2. The largest absolute Gasteiger partial charge is 0.466 e. The van der Waals surface area contributed by atoms with Crippen LogP contribution >= 0.6 is 0 Å². The number of amides is 1. The lowest BCUT2D eigenvalue weighted by Crippen LogP contribution is -2.28. The third-order valence-corrected chi connectivity index (χ3v) is 4.74. The number of nitrogens with zero attached hydrogens (tertiary/aromatic N) is 2. The number of ether oxygens (including phenoxy) is 1. The van der Waals surface area contributed by atoms with Crippen molar-refractivity contribution in [3.05, 3.63) is 83.9 Å². The van der Waals surface area contributed by atoms with E-state index in [9.17, 15) is 4.79 Å². The number of carbonyl (C=O) groups is 1. The van der Waals surface area contributed by atoms with Crippen LogP contribution in [0.1, 0.15) is 17.5 Å². The standard InChI is InChI=1S/C23H23N3O2/c27-22-17-28-23-20(24-22)13-14-21(25-23)26(16-19-10-5-2-6-11-19)15-7-12-18-8-3-1-4-9-18/h1-6,8-11,13-14H,7,12,15-17H2,(H,24,27). The normalized spacial score (nSPS) is 12.6. The van der Waals surface area contributed by atoms with Crippen molar-refractivity contribution in [1.29, 1.82) is 0 Å². The summed E-state index contributed by atoms with van der Waals surface area (Å²) in [5.41, 5.74) is 3.20. The molecule has 1 N–H and O–H groups in total. The van der Waals surface area contributed by atoms with Gasteiger partial charge in [-0.2, -0.15) is 4.98 Å². The van der Waals surface area contributed by atoms with Gasteiger partial charge in [-0.05, 0) is 36.1 Å². The van der Waals surface area contributed by atoms with Gasteiger partial charge in [-0.3, -0.25) is 4.79 Å². The summed E-state index contributed by atoms with van der Waals surface area (Å²) < 4.78 is 5.50. The van der Waals surface area contributed by atoms with Gasteiger partial charge in [0.15, 0.2) is 6.61 Å². The molecule has 0 saturated heterocycles. The molecule has 0 radical (unpaired) electrons. The van der Waals surface area contributed by atoms with Gasteiger partial charge in [0.25, 0.3) is 5.91 Å². The van der Waals surface area contributed by atoms with Gasteiger partial charge in [0.1, 0.15) is 11.5 Å². The van der Waals surface area contributed by atoms with E-state index in [0.717, 1.165) is 31.7 Å². The van der Waals surface area contributed by atoms with E-state index >= 15 is 0 Å². The highest BCUT2D eigenvalue weighted by Gasteiger charge is 2.19. The number of hydrogen-bond acceptors (Lipinski definition) is 4. The first-order chi connectivity index (χ1) is 13.8. The van der Waals surface area contributed by atoms with E-state index < -0.39 is 0 Å². The van der Waals surface area contributed by atoms with E-state index in [-0.39, 0.29) is 12.5 Å². The SMILES string of the molecule is O=C1COc2nc(N(CCCc3ccccc3)Cc3ccccc3)ccc2N1. The molecule has 0 fully saturated rings. The molecular weight excluding hydrogens is 350 g/mol. The van der Waals surface area contributed by atoms with Crippen LogP contribution < -0.4 is 15.0 Å². The van der Waals surface area contributed by atoms with E-state index in [2.05, 4.69) is 63.7 Å². The highest BCUT2D eigenvalue weighted by molar-refractivity contribution is 5.95. The molecule has 142 valence electrons. The zero-order valence-corrected chi connectivity index (χ0v) is 15.7. The molecule has 5 nitrogen and oxygen atoms in total. The van der Waals surface area contributed by atoms with Gasteiger partial charge in [0.05, 0.1) is 0 Å². The number of fused-ring (bicyclic) bond motifs is 1. The van der Waals surface area contributed by atoms with Crippen molar-refractivity contribution in [2.45, 2.75) is 19.4 Å². The minimum Gasteiger partial charge on any atom is -0.466 e. The third kappa shape index (κ3) is 4.49. The molecule has 0 spiro atoms. The lowest BCUT2D eigenvalue weighted by Gasteiger charge is -2.26. The van der Waals surface area contributed by atoms with Crippen LogP contribution in [0.3, 0.4) is 0 Å². The predicted molar refractivity (Wildman–Crippen MR) is 111 cm³/mol. The van der Waals surface area contributed by atoms with E-state index in [1.54, 1.807) is 0 Å². The number of rotatable bonds is 7. The number of carbonyl (C=O) groups excluding carboxylic acids is 1. The molecule has 0 unspecified atom stereocenters. The first kappa shape index (κ1) is 18.0. The van der Waals surface area contributed by atoms with Crippen LogP contribution in [-0.2, 0) is 17.8 Å². The fourth-order valence-corrected chi connectivity index (χ4v) is 3.33. The van der Waals surface area contributed by atoms with Crippen LogP contribution in [0.5, 0.6) is 5.88 Å². The van der Waals surface area contributed by atoms with Crippen molar-refractivity contribution < 1.29 is 9.53 Å². The summed E-state index contributed by atoms with van der Waals surface area (Å²) in [6.45, 7) is 1.66. The summed E-state index contributed by atoms with van der Waals surface area (Å²) in [5, 5.41) is 2.80. The quantitative estimate of drug-likeness (QED) is 0.679. The van der Waals surface area contributed by atoms with Crippen LogP contribution in [0.4, 0.5) is 11.5 Å². The first-order valence-electron chi connectivity index (χ1n) is 9.54. The Morgan fingerprint density at radius 3 is 2.39 bits per heavy atom. The molecule has 1 aromatic heterocycles. The van der Waals surface area contributed by atoms with Gasteiger partial charge in [-0.25, -0.2) is 0 Å². The van der Waals surface area contributed by atoms with E-state index in [0.29, 0.717) is 11.6 Å². The lowest BCUT2D eigenvalue weighted by molar-refractivity contribution is -0.118. The van der Waals surface area contributed by atoms with Crippen LogP contribution in [0.25, 0.3) is 0 Å². The van der Waals surface area contributed by atoms with Crippen molar-refractivity contribution in [2.24, 2.45) is 0 Å². The zero-order chi connectivity index (χ0) is 19.2. The van der Waals surface area contributed by atoms with Crippen LogP contribution in [0, 0.1) is 0 Å². The fourth-order valence-electron chi connectivity index (χ4n) is 3.33. The summed E-state index contributed by atoms with van der Waals surface area (Å²) in [4.78, 5) is 18.4. The van der Waals surface area contributed by atoms with Gasteiger partial charge in [-0.15, -0.1) is 0 Å². The van der Waals surface area contributed by atoms with Gasteiger partial charge in [-0.1, -0.05) is 60.7 Å². The molecule has 1 aliphatic heterocycles. The van der Waals surface area contributed by atoms with Crippen LogP contribution in [0.2, 0.25) is 0 Å². The topological polar surface area (TPSA) is 54.5 Å². The van der Waals surface area contributed by atoms with Crippen molar-refractivity contribution in [2.75, 3.05) is 23.4 Å². The molecule has 0 aliphatic carbocycles. The van der Waals surface area contributed by atoms with Crippen LogP contribution in [0.15, 0.2) is 72.8 Å². The Morgan fingerprint density at radius 2 is 1.64 bits per heavy atom. The van der Waals surface area contributed by atoms with Gasteiger partial charge < -0.3 is 15.0 Å². The van der Waals surface area contributed by atoms with Gasteiger partial charge >= 0.3 is 0 Å². The smallest absolute Gasteiger partial charge is 0.262 e. The van der Waals surface area contributed by atoms with Crippen molar-refractivity contribution in [3.63, 3.8) is 0 Å². The number of hydrogen-bond donors (Lipinski definition) is 1. The molecule has 0 bridgehead atoms. The maximum atomic E-state index is 11.5. The molecule has 4 rings (SSSR count). The third-order valence-electron chi connectivity index (χ3n) is 4.74. The van der Waals surface area contributed by atoms with Crippen molar-refractivity contribution in [1.82, 2.24) is 4.98 Å².